The topological polar surface area (TPSA) is 89.8 Å². The third-order valence-corrected chi connectivity index (χ3v) is 10.1. The zero-order valence-electron chi connectivity index (χ0n) is 34.4. The second-order valence-corrected chi connectivity index (χ2v) is 15.2. The third-order valence-electron chi connectivity index (χ3n) is 10.1. The Hall–Kier alpha value is -1.69. The molecule has 4 N–H and O–H groups in total. The fourth-order valence-corrected chi connectivity index (χ4v) is 6.58. The van der Waals surface area contributed by atoms with Crippen LogP contribution in [0, 0.1) is 0 Å². The standard InChI is InChI=1S/C47H87NO4/c1-3-5-7-9-11-13-15-17-19-21-22-23-24-25-26-28-30-32-34-36-38-40-42-46(51)47(52)48-44(43-49)45(50)41-39-37-35-33-31-29-27-20-18-16-14-12-10-8-6-4-2/h22-23,25-26,31,33,39,41,44-46,49-51H,3-21,24,27-30,32,34-38,40,42-43H2,1-2H3,(H,48,52)/b23-22-,26-25-,33-31+,41-39+. The minimum Gasteiger partial charge on any atom is -0.394 e. The van der Waals surface area contributed by atoms with Gasteiger partial charge < -0.3 is 20.6 Å². The first kappa shape index (κ1) is 50.3. The zero-order chi connectivity index (χ0) is 38.0. The second-order valence-electron chi connectivity index (χ2n) is 15.2. The van der Waals surface area contributed by atoms with Crippen LogP contribution >= 0.6 is 0 Å². The Morgan fingerprint density at radius 1 is 0.481 bits per heavy atom. The maximum Gasteiger partial charge on any atom is 0.249 e. The van der Waals surface area contributed by atoms with Crippen molar-refractivity contribution in [3.8, 4) is 0 Å². The summed E-state index contributed by atoms with van der Waals surface area (Å²) in [6.45, 7) is 4.16. The van der Waals surface area contributed by atoms with Crippen LogP contribution in [0.2, 0.25) is 0 Å². The third kappa shape index (κ3) is 36.7. The van der Waals surface area contributed by atoms with Gasteiger partial charge in [-0.2, -0.15) is 0 Å². The smallest absolute Gasteiger partial charge is 0.249 e. The maximum atomic E-state index is 12.5. The minimum absolute atomic E-state index is 0.381. The Balaban J connectivity index is 3.74. The number of aliphatic hydroxyl groups is 3. The first-order valence-electron chi connectivity index (χ1n) is 22.5. The fourth-order valence-electron chi connectivity index (χ4n) is 6.58. The molecule has 0 spiro atoms. The summed E-state index contributed by atoms with van der Waals surface area (Å²) in [4.78, 5) is 12.5. The van der Waals surface area contributed by atoms with Crippen molar-refractivity contribution < 1.29 is 20.1 Å². The van der Waals surface area contributed by atoms with Crippen LogP contribution in [0.4, 0.5) is 0 Å². The summed E-state index contributed by atoms with van der Waals surface area (Å²) in [5.41, 5.74) is 0. The highest BCUT2D eigenvalue weighted by Crippen LogP contribution is 2.14. The molecule has 304 valence electrons. The number of hydrogen-bond acceptors (Lipinski definition) is 4. The summed E-state index contributed by atoms with van der Waals surface area (Å²) in [7, 11) is 0. The largest absolute Gasteiger partial charge is 0.394 e. The number of hydrogen-bond donors (Lipinski definition) is 4. The van der Waals surface area contributed by atoms with Crippen molar-refractivity contribution in [2.24, 2.45) is 0 Å². The fraction of sp³-hybridized carbons (Fsp3) is 0.809. The average Bonchev–Trinajstić information content (AvgIpc) is 3.15. The lowest BCUT2D eigenvalue weighted by molar-refractivity contribution is -0.131. The molecule has 0 saturated heterocycles. The van der Waals surface area contributed by atoms with Gasteiger partial charge in [-0.25, -0.2) is 0 Å². The molecule has 0 aromatic rings. The number of aliphatic hydroxyl groups excluding tert-OH is 3. The van der Waals surface area contributed by atoms with E-state index in [4.69, 9.17) is 0 Å². The van der Waals surface area contributed by atoms with E-state index in [9.17, 15) is 20.1 Å². The van der Waals surface area contributed by atoms with Crippen molar-refractivity contribution in [1.82, 2.24) is 5.32 Å². The van der Waals surface area contributed by atoms with Gasteiger partial charge in [0.2, 0.25) is 5.91 Å². The van der Waals surface area contributed by atoms with Gasteiger partial charge >= 0.3 is 0 Å². The molecule has 5 heteroatoms. The maximum absolute atomic E-state index is 12.5. The number of carbonyl (C=O) groups is 1. The lowest BCUT2D eigenvalue weighted by Gasteiger charge is -2.21. The Labute approximate surface area is 323 Å². The van der Waals surface area contributed by atoms with Crippen LogP contribution in [-0.4, -0.2) is 46.1 Å². The second kappa shape index (κ2) is 42.1. The van der Waals surface area contributed by atoms with Gasteiger partial charge in [0, 0.05) is 0 Å². The highest BCUT2D eigenvalue weighted by atomic mass is 16.3. The summed E-state index contributed by atoms with van der Waals surface area (Å²) in [5.74, 6) is -0.522. The molecule has 3 atom stereocenters. The highest BCUT2D eigenvalue weighted by Gasteiger charge is 2.22. The molecule has 0 rings (SSSR count). The number of nitrogens with one attached hydrogen (secondary N) is 1. The van der Waals surface area contributed by atoms with Crippen molar-refractivity contribution in [2.45, 2.75) is 238 Å². The van der Waals surface area contributed by atoms with E-state index in [0.29, 0.717) is 6.42 Å². The number of amides is 1. The van der Waals surface area contributed by atoms with E-state index in [2.05, 4.69) is 55.6 Å². The van der Waals surface area contributed by atoms with Gasteiger partial charge in [-0.05, 0) is 64.2 Å². The van der Waals surface area contributed by atoms with Gasteiger partial charge in [0.05, 0.1) is 18.8 Å². The number of rotatable bonds is 40. The first-order valence-corrected chi connectivity index (χ1v) is 22.5. The predicted molar refractivity (Wildman–Crippen MR) is 227 cm³/mol. The lowest BCUT2D eigenvalue weighted by Crippen LogP contribution is -2.48. The molecule has 5 nitrogen and oxygen atoms in total. The van der Waals surface area contributed by atoms with Gasteiger partial charge in [0.15, 0.2) is 0 Å². The van der Waals surface area contributed by atoms with Gasteiger partial charge in [-0.1, -0.05) is 204 Å². The van der Waals surface area contributed by atoms with E-state index in [1.165, 1.54) is 148 Å². The molecule has 0 fully saturated rings. The Morgan fingerprint density at radius 3 is 1.29 bits per heavy atom. The van der Waals surface area contributed by atoms with Crippen LogP contribution < -0.4 is 5.32 Å². The summed E-state index contributed by atoms with van der Waals surface area (Å²) in [6.07, 6.45) is 54.3. The lowest BCUT2D eigenvalue weighted by atomic mass is 10.0. The monoisotopic (exact) mass is 730 g/mol. The summed E-state index contributed by atoms with van der Waals surface area (Å²) < 4.78 is 0. The molecule has 52 heavy (non-hydrogen) atoms. The van der Waals surface area contributed by atoms with E-state index < -0.39 is 24.2 Å². The predicted octanol–water partition coefficient (Wildman–Crippen LogP) is 12.9. The first-order chi connectivity index (χ1) is 25.6. The van der Waals surface area contributed by atoms with Crippen molar-refractivity contribution >= 4 is 5.91 Å². The summed E-state index contributed by atoms with van der Waals surface area (Å²) >= 11 is 0. The molecular weight excluding hydrogens is 643 g/mol. The molecular formula is C47H87NO4. The van der Waals surface area contributed by atoms with Crippen LogP contribution in [0.3, 0.4) is 0 Å². The molecule has 0 bridgehead atoms. The van der Waals surface area contributed by atoms with Gasteiger partial charge in [0.1, 0.15) is 6.10 Å². The zero-order valence-corrected chi connectivity index (χ0v) is 34.4. The van der Waals surface area contributed by atoms with Crippen molar-refractivity contribution in [3.63, 3.8) is 0 Å². The number of unbranched alkanes of at least 4 members (excludes halogenated alkanes) is 26. The van der Waals surface area contributed by atoms with Crippen LogP contribution in [0.15, 0.2) is 48.6 Å². The van der Waals surface area contributed by atoms with Gasteiger partial charge in [0.25, 0.3) is 0 Å². The van der Waals surface area contributed by atoms with Gasteiger partial charge in [-0.15, -0.1) is 0 Å². The SMILES string of the molecule is CCCCCCCCCCC/C=C\C/C=C\CCCCCCCCC(O)C(=O)NC(CO)C(O)/C=C/CC/C=C/CCCCCCCCCCCC. The van der Waals surface area contributed by atoms with Crippen LogP contribution in [0.25, 0.3) is 0 Å². The van der Waals surface area contributed by atoms with Crippen LogP contribution in [0.1, 0.15) is 219 Å². The molecule has 3 unspecified atom stereocenters. The van der Waals surface area contributed by atoms with Crippen molar-refractivity contribution in [1.29, 1.82) is 0 Å². The van der Waals surface area contributed by atoms with E-state index in [1.807, 2.05) is 6.08 Å². The molecule has 0 aliphatic heterocycles. The number of allylic oxidation sites excluding steroid dienone is 7. The normalized spacial score (nSPS) is 14.0. The highest BCUT2D eigenvalue weighted by molar-refractivity contribution is 5.80. The molecule has 0 heterocycles. The van der Waals surface area contributed by atoms with Crippen molar-refractivity contribution in [2.75, 3.05) is 6.61 Å². The molecule has 0 aliphatic carbocycles. The van der Waals surface area contributed by atoms with Crippen LogP contribution in [-0.2, 0) is 4.79 Å². The Bertz CT molecular complexity index is 850. The van der Waals surface area contributed by atoms with Gasteiger partial charge in [-0.3, -0.25) is 4.79 Å². The Kier molecular flexibility index (Phi) is 40.7. The molecule has 0 radical (unpaired) electrons. The molecule has 0 aromatic heterocycles. The summed E-state index contributed by atoms with van der Waals surface area (Å²) in [6, 6.07) is -0.820. The van der Waals surface area contributed by atoms with E-state index >= 15 is 0 Å². The molecule has 1 amide bonds. The van der Waals surface area contributed by atoms with Crippen molar-refractivity contribution in [3.05, 3.63) is 48.6 Å². The average molecular weight is 730 g/mol. The number of carbonyl (C=O) groups excluding carboxylic acids is 1. The summed E-state index contributed by atoms with van der Waals surface area (Å²) in [5, 5.41) is 33.1. The Morgan fingerprint density at radius 2 is 0.846 bits per heavy atom. The van der Waals surface area contributed by atoms with E-state index in [1.54, 1.807) is 6.08 Å². The molecule has 0 saturated carbocycles. The molecule has 0 aliphatic rings. The minimum atomic E-state index is -1.12. The van der Waals surface area contributed by atoms with E-state index in [0.717, 1.165) is 51.4 Å². The van der Waals surface area contributed by atoms with Crippen LogP contribution in [0.5, 0.6) is 0 Å². The quantitative estimate of drug-likeness (QED) is 0.0373. The van der Waals surface area contributed by atoms with E-state index in [-0.39, 0.29) is 6.61 Å². The molecule has 0 aromatic carbocycles.